The first kappa shape index (κ1) is 9.52. The topological polar surface area (TPSA) is 53.1 Å². The molecular formula is C12H11NO2. The first-order valence-corrected chi connectivity index (χ1v) is 4.65. The molecule has 0 bridgehead atoms. The molecule has 0 saturated carbocycles. The number of aryl methyl sites for hydroxylation is 1. The summed E-state index contributed by atoms with van der Waals surface area (Å²) in [7, 11) is 0. The maximum Gasteiger partial charge on any atom is 0.337 e. The molecule has 0 saturated heterocycles. The molecule has 0 aliphatic rings. The third-order valence-electron chi connectivity index (χ3n) is 2.29. The van der Waals surface area contributed by atoms with Crippen molar-refractivity contribution in [2.45, 2.75) is 6.92 Å². The molecule has 1 aromatic heterocycles. The molecule has 0 atom stereocenters. The standard InChI is InChI=1S/C12H11NO2/c1-8-2-4-9(5-3-8)11-6-10(7-13-11)12(14)15/h2-7,13H,1H3,(H,14,15). The number of aromatic nitrogens is 1. The maximum absolute atomic E-state index is 10.7. The Bertz CT molecular complexity index is 483. The van der Waals surface area contributed by atoms with Crippen LogP contribution in [-0.4, -0.2) is 16.1 Å². The van der Waals surface area contributed by atoms with Crippen molar-refractivity contribution in [3.8, 4) is 11.3 Å². The van der Waals surface area contributed by atoms with E-state index in [-0.39, 0.29) is 5.56 Å². The number of nitrogens with one attached hydrogen (secondary N) is 1. The van der Waals surface area contributed by atoms with E-state index >= 15 is 0 Å². The Kier molecular flexibility index (Phi) is 2.29. The van der Waals surface area contributed by atoms with Gasteiger partial charge < -0.3 is 10.1 Å². The van der Waals surface area contributed by atoms with Crippen LogP contribution in [0.15, 0.2) is 36.5 Å². The number of H-pyrrole nitrogens is 1. The Hall–Kier alpha value is -2.03. The number of aromatic carboxylic acids is 1. The van der Waals surface area contributed by atoms with E-state index in [4.69, 9.17) is 5.11 Å². The molecule has 3 heteroatoms. The summed E-state index contributed by atoms with van der Waals surface area (Å²) in [5, 5.41) is 8.77. The number of carbonyl (C=O) groups is 1. The van der Waals surface area contributed by atoms with Gasteiger partial charge in [-0.3, -0.25) is 0 Å². The molecule has 76 valence electrons. The Labute approximate surface area is 87.4 Å². The lowest BCUT2D eigenvalue weighted by molar-refractivity contribution is 0.0697. The van der Waals surface area contributed by atoms with Crippen molar-refractivity contribution in [2.75, 3.05) is 0 Å². The van der Waals surface area contributed by atoms with Crippen molar-refractivity contribution in [3.63, 3.8) is 0 Å². The van der Waals surface area contributed by atoms with E-state index in [0.29, 0.717) is 0 Å². The fourth-order valence-corrected chi connectivity index (χ4v) is 1.42. The number of hydrogen-bond donors (Lipinski definition) is 2. The van der Waals surface area contributed by atoms with Crippen molar-refractivity contribution < 1.29 is 9.90 Å². The van der Waals surface area contributed by atoms with Gasteiger partial charge in [0, 0.05) is 11.9 Å². The highest BCUT2D eigenvalue weighted by molar-refractivity contribution is 5.89. The zero-order valence-corrected chi connectivity index (χ0v) is 8.32. The summed E-state index contributed by atoms with van der Waals surface area (Å²) in [6.07, 6.45) is 1.50. The average molecular weight is 201 g/mol. The van der Waals surface area contributed by atoms with E-state index in [1.807, 2.05) is 31.2 Å². The van der Waals surface area contributed by atoms with Gasteiger partial charge in [-0.25, -0.2) is 4.79 Å². The molecule has 0 aliphatic carbocycles. The number of hydrogen-bond acceptors (Lipinski definition) is 1. The minimum Gasteiger partial charge on any atom is -0.478 e. The Morgan fingerprint density at radius 1 is 1.27 bits per heavy atom. The molecule has 2 N–H and O–H groups in total. The summed E-state index contributed by atoms with van der Waals surface area (Å²) < 4.78 is 0. The van der Waals surface area contributed by atoms with Crippen molar-refractivity contribution in [1.29, 1.82) is 0 Å². The summed E-state index contributed by atoms with van der Waals surface area (Å²) >= 11 is 0. The van der Waals surface area contributed by atoms with Gasteiger partial charge in [0.1, 0.15) is 0 Å². The quantitative estimate of drug-likeness (QED) is 0.784. The second-order valence-corrected chi connectivity index (χ2v) is 3.47. The number of benzene rings is 1. The molecule has 0 radical (unpaired) electrons. The van der Waals surface area contributed by atoms with Gasteiger partial charge >= 0.3 is 5.97 Å². The lowest BCUT2D eigenvalue weighted by Gasteiger charge is -1.97. The van der Waals surface area contributed by atoms with Gasteiger partial charge in [-0.2, -0.15) is 0 Å². The van der Waals surface area contributed by atoms with Crippen LogP contribution in [0.5, 0.6) is 0 Å². The van der Waals surface area contributed by atoms with Crippen LogP contribution >= 0.6 is 0 Å². The third kappa shape index (κ3) is 1.91. The molecule has 0 amide bonds. The molecule has 0 fully saturated rings. The molecule has 2 rings (SSSR count). The summed E-state index contributed by atoms with van der Waals surface area (Å²) in [6, 6.07) is 9.56. The smallest absolute Gasteiger partial charge is 0.337 e. The van der Waals surface area contributed by atoms with Crippen LogP contribution in [0.1, 0.15) is 15.9 Å². The zero-order chi connectivity index (χ0) is 10.8. The van der Waals surface area contributed by atoms with Crippen LogP contribution in [0, 0.1) is 6.92 Å². The van der Waals surface area contributed by atoms with Crippen molar-refractivity contribution in [1.82, 2.24) is 4.98 Å². The molecule has 0 aliphatic heterocycles. The summed E-state index contributed by atoms with van der Waals surface area (Å²) in [6.45, 7) is 2.02. The fourth-order valence-electron chi connectivity index (χ4n) is 1.42. The SMILES string of the molecule is Cc1ccc(-c2cc(C(=O)O)c[nH]2)cc1. The minimum absolute atomic E-state index is 0.283. The predicted molar refractivity (Wildman–Crippen MR) is 57.9 cm³/mol. The van der Waals surface area contributed by atoms with Crippen LogP contribution in [0.2, 0.25) is 0 Å². The van der Waals surface area contributed by atoms with E-state index in [2.05, 4.69) is 4.98 Å². The van der Waals surface area contributed by atoms with Crippen LogP contribution in [0.3, 0.4) is 0 Å². The molecule has 1 heterocycles. The maximum atomic E-state index is 10.7. The second kappa shape index (κ2) is 3.61. The van der Waals surface area contributed by atoms with Crippen molar-refractivity contribution >= 4 is 5.97 Å². The molecular weight excluding hydrogens is 190 g/mol. The third-order valence-corrected chi connectivity index (χ3v) is 2.29. The van der Waals surface area contributed by atoms with Gasteiger partial charge in [-0.1, -0.05) is 29.8 Å². The molecule has 15 heavy (non-hydrogen) atoms. The molecule has 0 unspecified atom stereocenters. The van der Waals surface area contributed by atoms with Gasteiger partial charge in [-0.05, 0) is 18.6 Å². The van der Waals surface area contributed by atoms with Crippen LogP contribution < -0.4 is 0 Å². The predicted octanol–water partition coefficient (Wildman–Crippen LogP) is 2.69. The van der Waals surface area contributed by atoms with Gasteiger partial charge in [-0.15, -0.1) is 0 Å². The first-order chi connectivity index (χ1) is 7.16. The van der Waals surface area contributed by atoms with Crippen molar-refractivity contribution in [2.24, 2.45) is 0 Å². The second-order valence-electron chi connectivity index (χ2n) is 3.47. The summed E-state index contributed by atoms with van der Waals surface area (Å²) in [5.74, 6) is -0.912. The van der Waals surface area contributed by atoms with Gasteiger partial charge in [0.2, 0.25) is 0 Å². The fraction of sp³-hybridized carbons (Fsp3) is 0.0833. The van der Waals surface area contributed by atoms with Crippen LogP contribution in [0.4, 0.5) is 0 Å². The highest BCUT2D eigenvalue weighted by atomic mass is 16.4. The van der Waals surface area contributed by atoms with E-state index in [1.165, 1.54) is 11.8 Å². The number of aromatic amines is 1. The minimum atomic E-state index is -0.912. The van der Waals surface area contributed by atoms with Gasteiger partial charge in [0.05, 0.1) is 5.56 Å². The molecule has 2 aromatic rings. The number of rotatable bonds is 2. The van der Waals surface area contributed by atoms with Gasteiger partial charge in [0.15, 0.2) is 0 Å². The van der Waals surface area contributed by atoms with E-state index < -0.39 is 5.97 Å². The lowest BCUT2D eigenvalue weighted by Crippen LogP contribution is -1.91. The van der Waals surface area contributed by atoms with Crippen LogP contribution in [0.25, 0.3) is 11.3 Å². The van der Waals surface area contributed by atoms with E-state index in [0.717, 1.165) is 11.3 Å². The lowest BCUT2D eigenvalue weighted by atomic mass is 10.1. The van der Waals surface area contributed by atoms with E-state index in [1.54, 1.807) is 6.07 Å². The highest BCUT2D eigenvalue weighted by Gasteiger charge is 2.06. The molecule has 3 nitrogen and oxygen atoms in total. The highest BCUT2D eigenvalue weighted by Crippen LogP contribution is 2.19. The van der Waals surface area contributed by atoms with E-state index in [9.17, 15) is 4.79 Å². The number of carboxylic acids is 1. The molecule has 0 spiro atoms. The largest absolute Gasteiger partial charge is 0.478 e. The Morgan fingerprint density at radius 2 is 1.93 bits per heavy atom. The zero-order valence-electron chi connectivity index (χ0n) is 8.32. The number of carboxylic acid groups (broad SMARTS) is 1. The Morgan fingerprint density at radius 3 is 2.47 bits per heavy atom. The summed E-state index contributed by atoms with van der Waals surface area (Å²) in [4.78, 5) is 13.6. The summed E-state index contributed by atoms with van der Waals surface area (Å²) in [5.41, 5.74) is 3.29. The van der Waals surface area contributed by atoms with Gasteiger partial charge in [0.25, 0.3) is 0 Å². The Balaban J connectivity index is 2.37. The van der Waals surface area contributed by atoms with Crippen LogP contribution in [-0.2, 0) is 0 Å². The first-order valence-electron chi connectivity index (χ1n) is 4.65. The van der Waals surface area contributed by atoms with Crippen molar-refractivity contribution in [3.05, 3.63) is 47.7 Å². The molecule has 1 aromatic carbocycles. The monoisotopic (exact) mass is 201 g/mol. The normalized spacial score (nSPS) is 10.2. The average Bonchev–Trinajstić information content (AvgIpc) is 2.68.